The van der Waals surface area contributed by atoms with E-state index in [2.05, 4.69) is 20.8 Å². The average molecular weight is 419 g/mol. The second-order valence-electron chi connectivity index (χ2n) is 8.03. The molecule has 0 bridgehead atoms. The van der Waals surface area contributed by atoms with E-state index in [1.807, 2.05) is 57.2 Å². The number of carbonyl (C=O) groups excluding carboxylic acids is 2. The fourth-order valence-corrected chi connectivity index (χ4v) is 3.50. The van der Waals surface area contributed by atoms with Crippen LogP contribution in [0.1, 0.15) is 37.6 Å². The summed E-state index contributed by atoms with van der Waals surface area (Å²) < 4.78 is 5.47. The largest absolute Gasteiger partial charge is 0.339 e. The Morgan fingerprint density at radius 1 is 1.13 bits per heavy atom. The van der Waals surface area contributed by atoms with E-state index in [0.29, 0.717) is 30.4 Å². The van der Waals surface area contributed by atoms with E-state index in [1.54, 1.807) is 17.0 Å². The Morgan fingerprint density at radius 3 is 2.52 bits per heavy atom. The Kier molecular flexibility index (Phi) is 5.70. The van der Waals surface area contributed by atoms with Crippen LogP contribution in [0.5, 0.6) is 0 Å². The molecule has 0 unspecified atom stereocenters. The number of nitrogens with zero attached hydrogens (tertiary/aromatic N) is 3. The maximum atomic E-state index is 12.5. The Bertz CT molecular complexity index is 1070. The van der Waals surface area contributed by atoms with Gasteiger partial charge in [0.25, 0.3) is 0 Å². The molecule has 2 N–H and O–H groups in total. The fraction of sp³-hybridized carbons (Fsp3) is 0.304. The maximum absolute atomic E-state index is 12.5. The summed E-state index contributed by atoms with van der Waals surface area (Å²) in [7, 11) is 0. The molecule has 0 radical (unpaired) electrons. The van der Waals surface area contributed by atoms with Crippen LogP contribution in [0, 0.1) is 6.92 Å². The van der Waals surface area contributed by atoms with E-state index in [-0.39, 0.29) is 23.9 Å². The molecule has 0 saturated carbocycles. The van der Waals surface area contributed by atoms with Crippen LogP contribution >= 0.6 is 0 Å². The van der Waals surface area contributed by atoms with Gasteiger partial charge >= 0.3 is 6.03 Å². The van der Waals surface area contributed by atoms with Gasteiger partial charge in [0, 0.05) is 35.9 Å². The van der Waals surface area contributed by atoms with Crippen molar-refractivity contribution in [2.45, 2.75) is 39.2 Å². The van der Waals surface area contributed by atoms with Gasteiger partial charge in [0.05, 0.1) is 5.92 Å². The molecular weight excluding hydrogens is 394 g/mol. The SMILES string of the molecule is Cc1ccc(N2C[C@@H](c3nc(-c4ccc(NC(=O)NC(C)C)cc4)no3)CC2=O)cc1. The molecule has 2 aromatic carbocycles. The van der Waals surface area contributed by atoms with Crippen molar-refractivity contribution in [3.05, 3.63) is 60.0 Å². The highest BCUT2D eigenvalue weighted by atomic mass is 16.5. The molecule has 1 aliphatic rings. The highest BCUT2D eigenvalue weighted by Crippen LogP contribution is 2.32. The lowest BCUT2D eigenvalue weighted by molar-refractivity contribution is -0.117. The molecule has 4 rings (SSSR count). The number of aryl methyl sites for hydroxylation is 1. The van der Waals surface area contributed by atoms with Gasteiger partial charge in [-0.05, 0) is 57.2 Å². The van der Waals surface area contributed by atoms with Gasteiger partial charge in [0.2, 0.25) is 17.6 Å². The first-order valence-electron chi connectivity index (χ1n) is 10.3. The van der Waals surface area contributed by atoms with Crippen molar-refractivity contribution in [1.82, 2.24) is 15.5 Å². The predicted molar refractivity (Wildman–Crippen MR) is 118 cm³/mol. The van der Waals surface area contributed by atoms with Crippen LogP contribution in [-0.4, -0.2) is 34.7 Å². The van der Waals surface area contributed by atoms with Gasteiger partial charge in [-0.2, -0.15) is 4.98 Å². The van der Waals surface area contributed by atoms with Crippen LogP contribution in [0.25, 0.3) is 11.4 Å². The minimum atomic E-state index is -0.256. The molecule has 1 atom stereocenters. The lowest BCUT2D eigenvalue weighted by Gasteiger charge is -2.16. The summed E-state index contributed by atoms with van der Waals surface area (Å²) >= 11 is 0. The Morgan fingerprint density at radius 2 is 1.84 bits per heavy atom. The van der Waals surface area contributed by atoms with E-state index in [9.17, 15) is 9.59 Å². The van der Waals surface area contributed by atoms with Crippen molar-refractivity contribution in [3.63, 3.8) is 0 Å². The molecular formula is C23H25N5O3. The van der Waals surface area contributed by atoms with Gasteiger partial charge in [0.1, 0.15) is 0 Å². The number of hydrogen-bond donors (Lipinski definition) is 2. The van der Waals surface area contributed by atoms with Crippen molar-refractivity contribution in [3.8, 4) is 11.4 Å². The number of anilines is 2. The fourth-order valence-electron chi connectivity index (χ4n) is 3.50. The van der Waals surface area contributed by atoms with E-state index < -0.39 is 0 Å². The van der Waals surface area contributed by atoms with Gasteiger partial charge in [-0.3, -0.25) is 4.79 Å². The summed E-state index contributed by atoms with van der Waals surface area (Å²) in [6.07, 6.45) is 0.337. The van der Waals surface area contributed by atoms with Gasteiger partial charge in [-0.25, -0.2) is 4.79 Å². The number of carbonyl (C=O) groups is 2. The summed E-state index contributed by atoms with van der Waals surface area (Å²) in [5.74, 6) is 0.810. The number of nitrogens with one attached hydrogen (secondary N) is 2. The lowest BCUT2D eigenvalue weighted by Crippen LogP contribution is -2.34. The number of benzene rings is 2. The topological polar surface area (TPSA) is 100 Å². The zero-order chi connectivity index (χ0) is 22.0. The number of aromatic nitrogens is 2. The number of rotatable bonds is 5. The molecule has 8 heteroatoms. The van der Waals surface area contributed by atoms with Gasteiger partial charge in [0.15, 0.2) is 0 Å². The summed E-state index contributed by atoms with van der Waals surface area (Å²) in [4.78, 5) is 30.6. The molecule has 0 aliphatic carbocycles. The molecule has 0 spiro atoms. The summed E-state index contributed by atoms with van der Waals surface area (Å²) in [5.41, 5.74) is 3.46. The first-order valence-corrected chi connectivity index (χ1v) is 10.3. The van der Waals surface area contributed by atoms with Crippen molar-refractivity contribution in [2.24, 2.45) is 0 Å². The highest BCUT2D eigenvalue weighted by molar-refractivity contribution is 5.96. The molecule has 1 aliphatic heterocycles. The summed E-state index contributed by atoms with van der Waals surface area (Å²) in [6.45, 7) is 6.32. The molecule has 1 saturated heterocycles. The first-order chi connectivity index (χ1) is 14.9. The third kappa shape index (κ3) is 4.74. The van der Waals surface area contributed by atoms with Crippen molar-refractivity contribution < 1.29 is 14.1 Å². The minimum absolute atomic E-state index is 0.0451. The van der Waals surface area contributed by atoms with Crippen LogP contribution in [0.15, 0.2) is 53.1 Å². The third-order valence-electron chi connectivity index (χ3n) is 5.08. The summed E-state index contributed by atoms with van der Waals surface area (Å²) in [6, 6.07) is 14.9. The van der Waals surface area contributed by atoms with Crippen LogP contribution in [0.4, 0.5) is 16.2 Å². The number of amides is 3. The second-order valence-corrected chi connectivity index (χ2v) is 8.03. The van der Waals surface area contributed by atoms with E-state index >= 15 is 0 Å². The van der Waals surface area contributed by atoms with Crippen LogP contribution in [0.2, 0.25) is 0 Å². The Balaban J connectivity index is 1.43. The standard InChI is InChI=1S/C23H25N5O3/c1-14(2)24-23(30)25-18-8-6-16(7-9-18)21-26-22(31-27-21)17-12-20(29)28(13-17)19-10-4-15(3)5-11-19/h4-11,14,17H,12-13H2,1-3H3,(H2,24,25,30)/t17-/m0/s1. The third-order valence-corrected chi connectivity index (χ3v) is 5.08. The van der Waals surface area contributed by atoms with Crippen LogP contribution in [0.3, 0.4) is 0 Å². The number of urea groups is 1. The van der Waals surface area contributed by atoms with Crippen LogP contribution < -0.4 is 15.5 Å². The van der Waals surface area contributed by atoms with Crippen molar-refractivity contribution in [2.75, 3.05) is 16.8 Å². The summed E-state index contributed by atoms with van der Waals surface area (Å²) in [5, 5.41) is 9.63. The van der Waals surface area contributed by atoms with E-state index in [1.165, 1.54) is 0 Å². The molecule has 31 heavy (non-hydrogen) atoms. The van der Waals surface area contributed by atoms with Gasteiger partial charge < -0.3 is 20.1 Å². The quantitative estimate of drug-likeness (QED) is 0.649. The van der Waals surface area contributed by atoms with Crippen molar-refractivity contribution >= 4 is 23.3 Å². The maximum Gasteiger partial charge on any atom is 0.319 e. The number of hydrogen-bond acceptors (Lipinski definition) is 5. The lowest BCUT2D eigenvalue weighted by atomic mass is 10.1. The average Bonchev–Trinajstić information content (AvgIpc) is 3.36. The predicted octanol–water partition coefficient (Wildman–Crippen LogP) is 4.10. The zero-order valence-electron chi connectivity index (χ0n) is 17.8. The Hall–Kier alpha value is -3.68. The molecule has 1 fully saturated rings. The molecule has 3 amide bonds. The van der Waals surface area contributed by atoms with E-state index in [4.69, 9.17) is 4.52 Å². The monoisotopic (exact) mass is 419 g/mol. The van der Waals surface area contributed by atoms with Gasteiger partial charge in [-0.15, -0.1) is 0 Å². The molecule has 1 aromatic heterocycles. The molecule has 8 nitrogen and oxygen atoms in total. The van der Waals surface area contributed by atoms with Gasteiger partial charge in [-0.1, -0.05) is 22.9 Å². The smallest absolute Gasteiger partial charge is 0.319 e. The first kappa shape index (κ1) is 20.6. The minimum Gasteiger partial charge on any atom is -0.339 e. The normalized spacial score (nSPS) is 16.1. The van der Waals surface area contributed by atoms with Crippen molar-refractivity contribution in [1.29, 1.82) is 0 Å². The second kappa shape index (κ2) is 8.59. The molecule has 160 valence electrons. The molecule has 3 aromatic rings. The highest BCUT2D eigenvalue weighted by Gasteiger charge is 2.35. The zero-order valence-corrected chi connectivity index (χ0v) is 17.8. The Labute approximate surface area is 180 Å². The van der Waals surface area contributed by atoms with Crippen LogP contribution in [-0.2, 0) is 4.79 Å². The molecule has 2 heterocycles. The van der Waals surface area contributed by atoms with E-state index in [0.717, 1.165) is 16.8 Å².